The van der Waals surface area contributed by atoms with Gasteiger partial charge in [0.05, 0.1) is 22.0 Å². The molecule has 0 saturated carbocycles. The van der Waals surface area contributed by atoms with E-state index in [0.29, 0.717) is 21.9 Å². The topological polar surface area (TPSA) is 130 Å². The number of halogens is 1. The van der Waals surface area contributed by atoms with Crippen LogP contribution in [0.1, 0.15) is 13.8 Å². The third kappa shape index (κ3) is 5.36. The predicted octanol–water partition coefficient (Wildman–Crippen LogP) is 2.06. The number of hydrogen-bond donors (Lipinski definition) is 4. The number of primary sulfonamides is 1. The molecule has 0 saturated heterocycles. The van der Waals surface area contributed by atoms with Gasteiger partial charge >= 0.3 is 0 Å². The van der Waals surface area contributed by atoms with E-state index in [1.54, 1.807) is 18.3 Å². The average molecular weight is 430 g/mol. The first-order valence-electron chi connectivity index (χ1n) is 7.50. The van der Waals surface area contributed by atoms with Gasteiger partial charge in [-0.05, 0) is 46.1 Å². The van der Waals surface area contributed by atoms with Crippen molar-refractivity contribution in [3.63, 3.8) is 0 Å². The normalized spacial score (nSPS) is 12.9. The van der Waals surface area contributed by atoms with Crippen LogP contribution in [0.15, 0.2) is 39.8 Å². The van der Waals surface area contributed by atoms with Crippen molar-refractivity contribution in [1.29, 1.82) is 0 Å². The first kappa shape index (κ1) is 19.6. The van der Waals surface area contributed by atoms with Gasteiger partial charge in [0.25, 0.3) is 0 Å². The lowest BCUT2D eigenvalue weighted by Crippen LogP contribution is -2.30. The van der Waals surface area contributed by atoms with Crippen LogP contribution >= 0.6 is 15.9 Å². The Kier molecular flexibility index (Phi) is 6.33. The zero-order chi connectivity index (χ0) is 18.6. The molecule has 8 nitrogen and oxygen atoms in total. The molecule has 10 heteroatoms. The van der Waals surface area contributed by atoms with E-state index < -0.39 is 10.0 Å². The smallest absolute Gasteiger partial charge is 0.238 e. The van der Waals surface area contributed by atoms with Crippen molar-refractivity contribution in [3.05, 3.63) is 34.9 Å². The molecule has 2 rings (SSSR count). The van der Waals surface area contributed by atoms with Crippen molar-refractivity contribution in [3.8, 4) is 0 Å². The third-order valence-corrected chi connectivity index (χ3v) is 5.02. The summed E-state index contributed by atoms with van der Waals surface area (Å²) in [6.07, 6.45) is 1.59. The molecule has 25 heavy (non-hydrogen) atoms. The lowest BCUT2D eigenvalue weighted by Gasteiger charge is -2.21. The van der Waals surface area contributed by atoms with Gasteiger partial charge in [-0.3, -0.25) is 0 Å². The number of aromatic nitrogens is 2. The molecular weight excluding hydrogens is 410 g/mol. The SMILES string of the molecule is CC(C)[C@H](CO)Nc1nc(Nc2ccc(S(N)(=O)=O)cc2)ncc1Br. The Hall–Kier alpha value is -1.75. The molecule has 136 valence electrons. The Morgan fingerprint density at radius 2 is 1.92 bits per heavy atom. The quantitative estimate of drug-likeness (QED) is 0.529. The van der Waals surface area contributed by atoms with Gasteiger partial charge in [0.15, 0.2) is 0 Å². The summed E-state index contributed by atoms with van der Waals surface area (Å²) in [6, 6.07) is 5.80. The van der Waals surface area contributed by atoms with E-state index in [9.17, 15) is 13.5 Å². The maximum absolute atomic E-state index is 11.3. The second-order valence-corrected chi connectivity index (χ2v) is 8.18. The fourth-order valence-corrected chi connectivity index (χ4v) is 2.81. The fraction of sp³-hybridized carbons (Fsp3) is 0.333. The van der Waals surface area contributed by atoms with Crippen LogP contribution in [-0.4, -0.2) is 36.1 Å². The van der Waals surface area contributed by atoms with Gasteiger partial charge in [-0.2, -0.15) is 4.98 Å². The molecule has 0 aliphatic rings. The van der Waals surface area contributed by atoms with E-state index in [4.69, 9.17) is 5.14 Å². The molecule has 1 aromatic heterocycles. The van der Waals surface area contributed by atoms with Crippen molar-refractivity contribution in [2.75, 3.05) is 17.2 Å². The van der Waals surface area contributed by atoms with Gasteiger partial charge in [-0.1, -0.05) is 13.8 Å². The zero-order valence-electron chi connectivity index (χ0n) is 13.8. The summed E-state index contributed by atoms with van der Waals surface area (Å²) in [6.45, 7) is 3.97. The molecule has 0 radical (unpaired) electrons. The summed E-state index contributed by atoms with van der Waals surface area (Å²) >= 11 is 3.38. The van der Waals surface area contributed by atoms with Crippen LogP contribution in [0.2, 0.25) is 0 Å². The third-order valence-electron chi connectivity index (χ3n) is 3.51. The largest absolute Gasteiger partial charge is 0.394 e. The molecule has 5 N–H and O–H groups in total. The van der Waals surface area contributed by atoms with Crippen LogP contribution in [0.4, 0.5) is 17.5 Å². The molecule has 0 aliphatic heterocycles. The van der Waals surface area contributed by atoms with E-state index in [2.05, 4.69) is 36.5 Å². The number of rotatable bonds is 7. The number of aliphatic hydroxyl groups is 1. The Morgan fingerprint density at radius 1 is 1.28 bits per heavy atom. The molecule has 0 spiro atoms. The monoisotopic (exact) mass is 429 g/mol. The van der Waals surface area contributed by atoms with Gasteiger partial charge in [0.2, 0.25) is 16.0 Å². The summed E-state index contributed by atoms with van der Waals surface area (Å²) < 4.78 is 23.2. The second kappa shape index (κ2) is 8.09. The van der Waals surface area contributed by atoms with Crippen LogP contribution in [0.5, 0.6) is 0 Å². The maximum atomic E-state index is 11.3. The number of nitrogens with one attached hydrogen (secondary N) is 2. The maximum Gasteiger partial charge on any atom is 0.238 e. The fourth-order valence-electron chi connectivity index (χ4n) is 1.98. The highest BCUT2D eigenvalue weighted by atomic mass is 79.9. The van der Waals surface area contributed by atoms with Crippen molar-refractivity contribution >= 4 is 43.4 Å². The zero-order valence-corrected chi connectivity index (χ0v) is 16.2. The van der Waals surface area contributed by atoms with Crippen LogP contribution < -0.4 is 15.8 Å². The van der Waals surface area contributed by atoms with Crippen LogP contribution in [-0.2, 0) is 10.0 Å². The van der Waals surface area contributed by atoms with Gasteiger partial charge in [0.1, 0.15) is 5.82 Å². The Morgan fingerprint density at radius 3 is 2.44 bits per heavy atom. The molecular formula is C15H20BrN5O3S. The van der Waals surface area contributed by atoms with Crippen molar-refractivity contribution in [1.82, 2.24) is 9.97 Å². The average Bonchev–Trinajstić information content (AvgIpc) is 2.54. The molecule has 0 bridgehead atoms. The summed E-state index contributed by atoms with van der Waals surface area (Å²) in [5.74, 6) is 1.09. The highest BCUT2D eigenvalue weighted by molar-refractivity contribution is 9.10. The number of nitrogens with two attached hydrogens (primary N) is 1. The molecule has 0 unspecified atom stereocenters. The van der Waals surface area contributed by atoms with Gasteiger partial charge in [-0.25, -0.2) is 18.5 Å². The molecule has 1 heterocycles. The molecule has 0 aliphatic carbocycles. The van der Waals surface area contributed by atoms with Crippen LogP contribution in [0, 0.1) is 5.92 Å². The van der Waals surface area contributed by atoms with Gasteiger partial charge in [0, 0.05) is 11.9 Å². The number of sulfonamides is 1. The Labute approximate surface area is 155 Å². The van der Waals surface area contributed by atoms with E-state index in [1.807, 2.05) is 13.8 Å². The van der Waals surface area contributed by atoms with E-state index >= 15 is 0 Å². The lowest BCUT2D eigenvalue weighted by molar-refractivity contribution is 0.249. The molecule has 0 fully saturated rings. The van der Waals surface area contributed by atoms with Crippen LogP contribution in [0.25, 0.3) is 0 Å². The number of aliphatic hydroxyl groups excluding tert-OH is 1. The minimum atomic E-state index is -3.73. The highest BCUT2D eigenvalue weighted by Crippen LogP contribution is 2.24. The lowest BCUT2D eigenvalue weighted by atomic mass is 10.1. The molecule has 1 aromatic carbocycles. The minimum absolute atomic E-state index is 0.0219. The second-order valence-electron chi connectivity index (χ2n) is 5.76. The van der Waals surface area contributed by atoms with Gasteiger partial charge < -0.3 is 15.7 Å². The van der Waals surface area contributed by atoms with Crippen molar-refractivity contribution < 1.29 is 13.5 Å². The first-order valence-corrected chi connectivity index (χ1v) is 9.84. The standard InChI is InChI=1S/C15H20BrN5O3S/c1-9(2)13(8-22)20-14-12(16)7-18-15(21-14)19-10-3-5-11(6-4-10)25(17,23)24/h3-7,9,13,22H,8H2,1-2H3,(H2,17,23,24)(H2,18,19,20,21)/t13-/m0/s1. The minimum Gasteiger partial charge on any atom is -0.394 e. The molecule has 2 aromatic rings. The van der Waals surface area contributed by atoms with E-state index in [-0.39, 0.29) is 23.5 Å². The summed E-state index contributed by atoms with van der Waals surface area (Å²) in [5, 5.41) is 20.7. The number of benzene rings is 1. The van der Waals surface area contributed by atoms with Crippen LogP contribution in [0.3, 0.4) is 0 Å². The van der Waals surface area contributed by atoms with Crippen molar-refractivity contribution in [2.24, 2.45) is 11.1 Å². The van der Waals surface area contributed by atoms with E-state index in [1.165, 1.54) is 12.1 Å². The number of nitrogens with zero attached hydrogens (tertiary/aromatic N) is 2. The Balaban J connectivity index is 2.19. The predicted molar refractivity (Wildman–Crippen MR) is 100 cm³/mol. The highest BCUT2D eigenvalue weighted by Gasteiger charge is 2.15. The molecule has 1 atom stereocenters. The molecule has 0 amide bonds. The first-order chi connectivity index (χ1) is 11.7. The summed E-state index contributed by atoms with van der Waals surface area (Å²) in [4.78, 5) is 8.57. The van der Waals surface area contributed by atoms with Crippen molar-refractivity contribution in [2.45, 2.75) is 24.8 Å². The van der Waals surface area contributed by atoms with E-state index in [0.717, 1.165) is 0 Å². The summed E-state index contributed by atoms with van der Waals surface area (Å²) in [7, 11) is -3.73. The Bertz CT molecular complexity index is 828. The number of hydrogen-bond acceptors (Lipinski definition) is 7. The summed E-state index contributed by atoms with van der Waals surface area (Å²) in [5.41, 5.74) is 0.614. The van der Waals surface area contributed by atoms with Gasteiger partial charge in [-0.15, -0.1) is 0 Å². The number of anilines is 3.